The van der Waals surface area contributed by atoms with Gasteiger partial charge in [0.2, 0.25) is 0 Å². The Kier molecular flexibility index (Phi) is 6.09. The zero-order valence-electron chi connectivity index (χ0n) is 9.96. The molecule has 0 fully saturated rings. The highest BCUT2D eigenvalue weighted by atomic mass is 16.5. The summed E-state index contributed by atoms with van der Waals surface area (Å²) in [4.78, 5) is 3.29. The third-order valence-corrected chi connectivity index (χ3v) is 2.44. The SMILES string of the molecule is CCCCc1[nH]cc[n+]1CCOCCC. The molecular formula is C12H23N2O+. The van der Waals surface area contributed by atoms with Crippen LogP contribution in [0, 0.1) is 0 Å². The fourth-order valence-electron chi connectivity index (χ4n) is 1.58. The number of rotatable bonds is 8. The minimum Gasteiger partial charge on any atom is -0.377 e. The van der Waals surface area contributed by atoms with Crippen LogP contribution >= 0.6 is 0 Å². The zero-order valence-corrected chi connectivity index (χ0v) is 9.96. The van der Waals surface area contributed by atoms with Crippen molar-refractivity contribution in [1.82, 2.24) is 4.98 Å². The van der Waals surface area contributed by atoms with Crippen LogP contribution in [0.3, 0.4) is 0 Å². The first-order chi connectivity index (χ1) is 7.38. The molecule has 0 spiro atoms. The van der Waals surface area contributed by atoms with E-state index in [0.717, 1.165) is 32.6 Å². The van der Waals surface area contributed by atoms with E-state index in [-0.39, 0.29) is 0 Å². The first kappa shape index (κ1) is 12.2. The highest BCUT2D eigenvalue weighted by molar-refractivity contribution is 4.77. The van der Waals surface area contributed by atoms with Gasteiger partial charge >= 0.3 is 0 Å². The van der Waals surface area contributed by atoms with Crippen molar-refractivity contribution >= 4 is 0 Å². The third-order valence-electron chi connectivity index (χ3n) is 2.44. The first-order valence-electron chi connectivity index (χ1n) is 6.02. The molecule has 0 aliphatic rings. The fourth-order valence-corrected chi connectivity index (χ4v) is 1.58. The van der Waals surface area contributed by atoms with Gasteiger partial charge in [-0.05, 0) is 12.8 Å². The Morgan fingerprint density at radius 3 is 2.87 bits per heavy atom. The van der Waals surface area contributed by atoms with Gasteiger partial charge in [0.05, 0.1) is 6.61 Å². The van der Waals surface area contributed by atoms with E-state index in [1.54, 1.807) is 0 Å². The molecular weight excluding hydrogens is 188 g/mol. The monoisotopic (exact) mass is 211 g/mol. The second kappa shape index (κ2) is 7.46. The maximum atomic E-state index is 5.48. The van der Waals surface area contributed by atoms with E-state index >= 15 is 0 Å². The number of aromatic nitrogens is 2. The lowest BCUT2D eigenvalue weighted by Crippen LogP contribution is -2.38. The average Bonchev–Trinajstić information content (AvgIpc) is 2.69. The fraction of sp³-hybridized carbons (Fsp3) is 0.750. The number of nitrogens with zero attached hydrogens (tertiary/aromatic N) is 1. The lowest BCUT2D eigenvalue weighted by Gasteiger charge is -2.02. The van der Waals surface area contributed by atoms with E-state index in [9.17, 15) is 0 Å². The highest BCUT2D eigenvalue weighted by Gasteiger charge is 2.08. The summed E-state index contributed by atoms with van der Waals surface area (Å²) >= 11 is 0. The summed E-state index contributed by atoms with van der Waals surface area (Å²) in [5.74, 6) is 1.32. The third kappa shape index (κ3) is 4.47. The zero-order chi connectivity index (χ0) is 10.9. The van der Waals surface area contributed by atoms with Gasteiger partial charge in [-0.1, -0.05) is 20.3 Å². The molecule has 0 aliphatic carbocycles. The molecule has 0 aromatic carbocycles. The van der Waals surface area contributed by atoms with Crippen molar-refractivity contribution in [1.29, 1.82) is 0 Å². The number of unbranched alkanes of at least 4 members (excludes halogenated alkanes) is 1. The Morgan fingerprint density at radius 1 is 1.27 bits per heavy atom. The van der Waals surface area contributed by atoms with E-state index in [4.69, 9.17) is 4.74 Å². The van der Waals surface area contributed by atoms with Gasteiger partial charge in [0.15, 0.2) is 0 Å². The Hall–Kier alpha value is -0.830. The quantitative estimate of drug-likeness (QED) is 0.517. The summed E-state index contributed by atoms with van der Waals surface area (Å²) in [6.45, 7) is 7.00. The van der Waals surface area contributed by atoms with Crippen LogP contribution in [0.4, 0.5) is 0 Å². The van der Waals surface area contributed by atoms with Gasteiger partial charge < -0.3 is 4.74 Å². The Labute approximate surface area is 92.5 Å². The van der Waals surface area contributed by atoms with E-state index in [1.165, 1.54) is 18.7 Å². The van der Waals surface area contributed by atoms with Crippen LogP contribution in [0.1, 0.15) is 38.9 Å². The van der Waals surface area contributed by atoms with Gasteiger partial charge in [-0.15, -0.1) is 0 Å². The molecule has 15 heavy (non-hydrogen) atoms. The van der Waals surface area contributed by atoms with Crippen molar-refractivity contribution in [3.63, 3.8) is 0 Å². The average molecular weight is 211 g/mol. The lowest BCUT2D eigenvalue weighted by molar-refractivity contribution is -0.704. The number of hydrogen-bond donors (Lipinski definition) is 1. The van der Waals surface area contributed by atoms with E-state index in [1.807, 2.05) is 6.20 Å². The molecule has 86 valence electrons. The molecule has 0 amide bonds. The van der Waals surface area contributed by atoms with Crippen molar-refractivity contribution in [2.24, 2.45) is 0 Å². The standard InChI is InChI=1S/C12H22N2O/c1-3-5-6-12-13-7-8-14(12)9-11-15-10-4-2/h7-8H,3-6,9-11H2,1-2H3/p+1. The molecule has 1 N–H and O–H groups in total. The second-order valence-electron chi connectivity index (χ2n) is 3.82. The number of hydrogen-bond acceptors (Lipinski definition) is 1. The molecule has 3 heteroatoms. The molecule has 1 aromatic heterocycles. The molecule has 0 bridgehead atoms. The maximum Gasteiger partial charge on any atom is 0.254 e. The Morgan fingerprint density at radius 2 is 2.13 bits per heavy atom. The first-order valence-corrected chi connectivity index (χ1v) is 6.02. The molecule has 0 saturated heterocycles. The smallest absolute Gasteiger partial charge is 0.254 e. The lowest BCUT2D eigenvalue weighted by atomic mass is 10.2. The van der Waals surface area contributed by atoms with Crippen molar-refractivity contribution in [3.8, 4) is 0 Å². The summed E-state index contributed by atoms with van der Waals surface area (Å²) in [6, 6.07) is 0. The molecule has 0 unspecified atom stereocenters. The summed E-state index contributed by atoms with van der Waals surface area (Å²) < 4.78 is 7.74. The summed E-state index contributed by atoms with van der Waals surface area (Å²) in [6.07, 6.45) is 8.82. The molecule has 1 heterocycles. The van der Waals surface area contributed by atoms with Gasteiger partial charge in [-0.3, -0.25) is 0 Å². The summed E-state index contributed by atoms with van der Waals surface area (Å²) in [7, 11) is 0. The summed E-state index contributed by atoms with van der Waals surface area (Å²) in [5, 5.41) is 0. The molecule has 1 rings (SSSR count). The maximum absolute atomic E-state index is 5.48. The number of imidazole rings is 1. The number of nitrogens with one attached hydrogen (secondary N) is 1. The Bertz CT molecular complexity index is 258. The molecule has 0 atom stereocenters. The largest absolute Gasteiger partial charge is 0.377 e. The van der Waals surface area contributed by atoms with Gasteiger partial charge in [0.1, 0.15) is 18.9 Å². The topological polar surface area (TPSA) is 28.9 Å². The molecule has 0 aliphatic heterocycles. The van der Waals surface area contributed by atoms with Crippen LogP contribution < -0.4 is 4.57 Å². The predicted octanol–water partition coefficient (Wildman–Crippen LogP) is 2.07. The van der Waals surface area contributed by atoms with Crippen LogP contribution in [0.25, 0.3) is 0 Å². The minimum atomic E-state index is 0.815. The van der Waals surface area contributed by atoms with Gasteiger partial charge in [-0.25, -0.2) is 9.55 Å². The van der Waals surface area contributed by atoms with Crippen LogP contribution in [0.2, 0.25) is 0 Å². The predicted molar refractivity (Wildman–Crippen MR) is 60.7 cm³/mol. The van der Waals surface area contributed by atoms with Crippen molar-refractivity contribution in [2.45, 2.75) is 46.1 Å². The number of aromatic amines is 1. The Balaban J connectivity index is 2.29. The number of aryl methyl sites for hydroxylation is 1. The second-order valence-corrected chi connectivity index (χ2v) is 3.82. The van der Waals surface area contributed by atoms with Crippen LogP contribution in [-0.4, -0.2) is 18.2 Å². The van der Waals surface area contributed by atoms with Crippen LogP contribution in [0.15, 0.2) is 12.4 Å². The van der Waals surface area contributed by atoms with Gasteiger partial charge in [0, 0.05) is 13.0 Å². The number of ether oxygens (including phenoxy) is 1. The number of H-pyrrole nitrogens is 1. The molecule has 3 nitrogen and oxygen atoms in total. The van der Waals surface area contributed by atoms with Crippen LogP contribution in [0.5, 0.6) is 0 Å². The van der Waals surface area contributed by atoms with Crippen molar-refractivity contribution in [3.05, 3.63) is 18.2 Å². The van der Waals surface area contributed by atoms with Crippen molar-refractivity contribution in [2.75, 3.05) is 13.2 Å². The van der Waals surface area contributed by atoms with Gasteiger partial charge in [-0.2, -0.15) is 0 Å². The summed E-state index contributed by atoms with van der Waals surface area (Å²) in [5.41, 5.74) is 0. The van der Waals surface area contributed by atoms with Crippen molar-refractivity contribution < 1.29 is 9.30 Å². The normalized spacial score (nSPS) is 10.8. The van der Waals surface area contributed by atoms with Crippen LogP contribution in [-0.2, 0) is 17.7 Å². The van der Waals surface area contributed by atoms with E-state index < -0.39 is 0 Å². The van der Waals surface area contributed by atoms with E-state index in [0.29, 0.717) is 0 Å². The molecule has 1 aromatic rings. The molecule has 0 radical (unpaired) electrons. The highest BCUT2D eigenvalue weighted by Crippen LogP contribution is 1.96. The van der Waals surface area contributed by atoms with E-state index in [2.05, 4.69) is 29.6 Å². The van der Waals surface area contributed by atoms with Gasteiger partial charge in [0.25, 0.3) is 5.82 Å². The minimum absolute atomic E-state index is 0.815. The molecule has 0 saturated carbocycles.